The Bertz CT molecular complexity index is 325. The molecular weight excluding hydrogens is 190 g/mol. The van der Waals surface area contributed by atoms with Gasteiger partial charge in [0.2, 0.25) is 0 Å². The highest BCUT2D eigenvalue weighted by molar-refractivity contribution is 6.30. The molecule has 0 radical (unpaired) electrons. The van der Waals surface area contributed by atoms with E-state index in [9.17, 15) is 9.59 Å². The Morgan fingerprint density at radius 2 is 2.31 bits per heavy atom. The smallest absolute Gasteiger partial charge is 0.251 e. The van der Waals surface area contributed by atoms with Gasteiger partial charge in [-0.15, -0.1) is 0 Å². The van der Waals surface area contributed by atoms with Crippen molar-refractivity contribution in [3.63, 3.8) is 0 Å². The Kier molecular flexibility index (Phi) is 3.46. The molecule has 1 aromatic rings. The molecule has 68 valence electrons. The van der Waals surface area contributed by atoms with Gasteiger partial charge in [0.25, 0.3) is 5.91 Å². The molecule has 0 fully saturated rings. The molecule has 0 aromatic heterocycles. The van der Waals surface area contributed by atoms with Gasteiger partial charge in [0.1, 0.15) is 6.29 Å². The van der Waals surface area contributed by atoms with Crippen LogP contribution in [0.15, 0.2) is 24.3 Å². The summed E-state index contributed by atoms with van der Waals surface area (Å²) in [5.41, 5.74) is 0.453. The molecule has 4 heteroatoms. The number of hydrogen-bond acceptors (Lipinski definition) is 2. The highest BCUT2D eigenvalue weighted by Crippen LogP contribution is 2.09. The molecule has 3 nitrogen and oxygen atoms in total. The molecule has 0 spiro atoms. The van der Waals surface area contributed by atoms with Crippen molar-refractivity contribution in [2.24, 2.45) is 0 Å². The highest BCUT2D eigenvalue weighted by Gasteiger charge is 2.03. The van der Waals surface area contributed by atoms with Crippen molar-refractivity contribution >= 4 is 23.8 Å². The molecule has 0 aliphatic rings. The third-order valence-electron chi connectivity index (χ3n) is 1.43. The van der Waals surface area contributed by atoms with E-state index >= 15 is 0 Å². The zero-order valence-electron chi connectivity index (χ0n) is 6.79. The van der Waals surface area contributed by atoms with Crippen LogP contribution in [-0.2, 0) is 4.79 Å². The van der Waals surface area contributed by atoms with Gasteiger partial charge in [0.05, 0.1) is 6.54 Å². The number of halogens is 1. The monoisotopic (exact) mass is 197 g/mol. The number of nitrogens with one attached hydrogen (secondary N) is 1. The summed E-state index contributed by atoms with van der Waals surface area (Å²) in [5, 5.41) is 2.91. The van der Waals surface area contributed by atoms with Crippen molar-refractivity contribution in [2.75, 3.05) is 6.54 Å². The molecule has 0 atom stereocenters. The number of aldehydes is 1. The largest absolute Gasteiger partial charge is 0.345 e. The molecule has 0 bridgehead atoms. The van der Waals surface area contributed by atoms with Gasteiger partial charge in [0, 0.05) is 10.6 Å². The van der Waals surface area contributed by atoms with Gasteiger partial charge in [-0.25, -0.2) is 0 Å². The molecule has 0 aliphatic heterocycles. The Balaban J connectivity index is 2.71. The van der Waals surface area contributed by atoms with Gasteiger partial charge in [-0.05, 0) is 18.2 Å². The average molecular weight is 198 g/mol. The fraction of sp³-hybridized carbons (Fsp3) is 0.111. The Morgan fingerprint density at radius 3 is 2.92 bits per heavy atom. The van der Waals surface area contributed by atoms with E-state index in [1.807, 2.05) is 0 Å². The quantitative estimate of drug-likeness (QED) is 0.742. The lowest BCUT2D eigenvalue weighted by atomic mass is 10.2. The maximum atomic E-state index is 11.2. The van der Waals surface area contributed by atoms with E-state index in [-0.39, 0.29) is 12.5 Å². The fourth-order valence-corrected chi connectivity index (χ4v) is 1.06. The van der Waals surface area contributed by atoms with Gasteiger partial charge < -0.3 is 10.1 Å². The van der Waals surface area contributed by atoms with Crippen molar-refractivity contribution < 1.29 is 9.59 Å². The third kappa shape index (κ3) is 2.87. The van der Waals surface area contributed by atoms with E-state index in [1.165, 1.54) is 0 Å². The fourth-order valence-electron chi connectivity index (χ4n) is 0.866. The molecule has 0 saturated carbocycles. The maximum Gasteiger partial charge on any atom is 0.251 e. The average Bonchev–Trinajstić information content (AvgIpc) is 2.14. The second kappa shape index (κ2) is 4.62. The van der Waals surface area contributed by atoms with Crippen LogP contribution in [0.5, 0.6) is 0 Å². The zero-order valence-corrected chi connectivity index (χ0v) is 7.54. The summed E-state index contributed by atoms with van der Waals surface area (Å²) in [7, 11) is 0. The van der Waals surface area contributed by atoms with Gasteiger partial charge in [-0.3, -0.25) is 4.79 Å². The summed E-state index contributed by atoms with van der Waals surface area (Å²) in [6.07, 6.45) is 0.627. The maximum absolute atomic E-state index is 11.2. The SMILES string of the molecule is O=CCNC(=O)c1cccc(Cl)c1. The zero-order chi connectivity index (χ0) is 9.68. The predicted octanol–water partition coefficient (Wildman–Crippen LogP) is 1.27. The van der Waals surface area contributed by atoms with E-state index in [0.717, 1.165) is 0 Å². The van der Waals surface area contributed by atoms with Gasteiger partial charge in [-0.2, -0.15) is 0 Å². The van der Waals surface area contributed by atoms with Crippen LogP contribution in [0, 0.1) is 0 Å². The first kappa shape index (κ1) is 9.74. The second-order valence-electron chi connectivity index (χ2n) is 2.39. The third-order valence-corrected chi connectivity index (χ3v) is 1.67. The molecule has 0 unspecified atom stereocenters. The summed E-state index contributed by atoms with van der Waals surface area (Å²) in [6.45, 7) is 0.0192. The molecule has 0 heterocycles. The van der Waals surface area contributed by atoms with Gasteiger partial charge in [0.15, 0.2) is 0 Å². The van der Waals surface area contributed by atoms with Crippen LogP contribution in [-0.4, -0.2) is 18.7 Å². The number of rotatable bonds is 3. The van der Waals surface area contributed by atoms with Crippen molar-refractivity contribution in [1.29, 1.82) is 0 Å². The first-order valence-electron chi connectivity index (χ1n) is 3.71. The van der Waals surface area contributed by atoms with E-state index in [1.54, 1.807) is 24.3 Å². The summed E-state index contributed by atoms with van der Waals surface area (Å²) in [6, 6.07) is 6.53. The van der Waals surface area contributed by atoms with E-state index in [2.05, 4.69) is 5.32 Å². The van der Waals surface area contributed by atoms with Crippen molar-refractivity contribution in [2.45, 2.75) is 0 Å². The normalized spacial score (nSPS) is 9.31. The van der Waals surface area contributed by atoms with E-state index in [0.29, 0.717) is 16.9 Å². The van der Waals surface area contributed by atoms with Crippen molar-refractivity contribution in [1.82, 2.24) is 5.32 Å². The first-order chi connectivity index (χ1) is 6.24. The highest BCUT2D eigenvalue weighted by atomic mass is 35.5. The van der Waals surface area contributed by atoms with E-state index in [4.69, 9.17) is 11.6 Å². The molecule has 0 saturated heterocycles. The summed E-state index contributed by atoms with van der Waals surface area (Å²) >= 11 is 5.67. The van der Waals surface area contributed by atoms with Crippen LogP contribution in [0.4, 0.5) is 0 Å². The van der Waals surface area contributed by atoms with Crippen LogP contribution >= 0.6 is 11.6 Å². The summed E-state index contributed by atoms with van der Waals surface area (Å²) in [5.74, 6) is -0.297. The number of carbonyl (C=O) groups excluding carboxylic acids is 2. The number of hydrogen-bond donors (Lipinski definition) is 1. The van der Waals surface area contributed by atoms with Crippen LogP contribution in [0.2, 0.25) is 5.02 Å². The van der Waals surface area contributed by atoms with Crippen LogP contribution in [0.25, 0.3) is 0 Å². The topological polar surface area (TPSA) is 46.2 Å². The molecule has 1 aromatic carbocycles. The first-order valence-corrected chi connectivity index (χ1v) is 4.09. The lowest BCUT2D eigenvalue weighted by Crippen LogP contribution is -2.24. The molecule has 1 amide bonds. The summed E-state index contributed by atoms with van der Waals surface area (Å²) < 4.78 is 0. The number of carbonyl (C=O) groups is 2. The summed E-state index contributed by atoms with van der Waals surface area (Å²) in [4.78, 5) is 21.2. The second-order valence-corrected chi connectivity index (χ2v) is 2.82. The molecule has 1 rings (SSSR count). The van der Waals surface area contributed by atoms with Crippen molar-refractivity contribution in [3.8, 4) is 0 Å². The minimum absolute atomic E-state index is 0.0192. The minimum atomic E-state index is -0.297. The van der Waals surface area contributed by atoms with E-state index < -0.39 is 0 Å². The minimum Gasteiger partial charge on any atom is -0.345 e. The number of benzene rings is 1. The van der Waals surface area contributed by atoms with Crippen molar-refractivity contribution in [3.05, 3.63) is 34.9 Å². The predicted molar refractivity (Wildman–Crippen MR) is 49.8 cm³/mol. The lowest BCUT2D eigenvalue weighted by molar-refractivity contribution is -0.107. The Morgan fingerprint density at radius 1 is 1.54 bits per heavy atom. The number of amides is 1. The van der Waals surface area contributed by atoms with Crippen LogP contribution in [0.1, 0.15) is 10.4 Å². The molecule has 1 N–H and O–H groups in total. The van der Waals surface area contributed by atoms with Gasteiger partial charge in [-0.1, -0.05) is 17.7 Å². The van der Waals surface area contributed by atoms with Crippen LogP contribution < -0.4 is 5.32 Å². The molecule has 13 heavy (non-hydrogen) atoms. The Labute approximate surface area is 80.7 Å². The molecular formula is C9H8ClNO2. The Hall–Kier alpha value is -1.35. The van der Waals surface area contributed by atoms with Crippen LogP contribution in [0.3, 0.4) is 0 Å². The van der Waals surface area contributed by atoms with Gasteiger partial charge >= 0.3 is 0 Å². The standard InChI is InChI=1S/C9H8ClNO2/c10-8-3-1-2-7(6-8)9(13)11-4-5-12/h1-3,5-6H,4H2,(H,11,13). The lowest BCUT2D eigenvalue weighted by Gasteiger charge is -2.00. The molecule has 0 aliphatic carbocycles.